The predicted octanol–water partition coefficient (Wildman–Crippen LogP) is 4.48. The van der Waals surface area contributed by atoms with Gasteiger partial charge >= 0.3 is 6.18 Å². The lowest BCUT2D eigenvalue weighted by atomic mass is 10.1. The molecule has 0 saturated heterocycles. The molecule has 0 fully saturated rings. The maximum absolute atomic E-state index is 12.9. The maximum atomic E-state index is 12.9. The smallest absolute Gasteiger partial charge is 0.331 e. The first-order valence-electron chi connectivity index (χ1n) is 8.81. The van der Waals surface area contributed by atoms with Crippen molar-refractivity contribution < 1.29 is 26.4 Å². The van der Waals surface area contributed by atoms with Crippen molar-refractivity contribution >= 4 is 39.1 Å². The Balaban J connectivity index is 1.87. The maximum Gasteiger partial charge on any atom is 0.402 e. The zero-order valence-corrected chi connectivity index (χ0v) is 18.0. The minimum atomic E-state index is -4.69. The first-order chi connectivity index (χ1) is 13.9. The van der Waals surface area contributed by atoms with E-state index in [4.69, 9.17) is 23.2 Å². The number of hydrogen-bond acceptors (Lipinski definition) is 3. The van der Waals surface area contributed by atoms with Gasteiger partial charge in [-0.25, -0.2) is 13.1 Å². The molecule has 0 spiro atoms. The third kappa shape index (κ3) is 4.74. The molecule has 30 heavy (non-hydrogen) atoms. The zero-order chi connectivity index (χ0) is 22.3. The fourth-order valence-electron chi connectivity index (χ4n) is 3.38. The number of carbonyl (C=O) groups is 1. The molecule has 2 aromatic rings. The molecule has 162 valence electrons. The van der Waals surface area contributed by atoms with Gasteiger partial charge < -0.3 is 4.90 Å². The number of sulfonamides is 1. The van der Waals surface area contributed by atoms with Crippen LogP contribution in [0.1, 0.15) is 29.7 Å². The molecule has 1 aliphatic heterocycles. The summed E-state index contributed by atoms with van der Waals surface area (Å²) in [6.45, 7) is -0.0137. The molecule has 11 heteroatoms. The normalized spacial score (nSPS) is 16.6. The quantitative estimate of drug-likeness (QED) is 0.685. The summed E-state index contributed by atoms with van der Waals surface area (Å²) in [5.41, 5.74) is 1.30. The molecular weight excluding hydrogens is 464 g/mol. The molecule has 1 N–H and O–H groups in total. The van der Waals surface area contributed by atoms with Crippen LogP contribution >= 0.6 is 23.2 Å². The molecule has 0 aromatic heterocycles. The number of halogens is 5. The Kier molecular flexibility index (Phi) is 6.38. The molecule has 1 heterocycles. The van der Waals surface area contributed by atoms with Crippen LogP contribution in [0.15, 0.2) is 41.3 Å². The third-order valence-corrected chi connectivity index (χ3v) is 7.07. The van der Waals surface area contributed by atoms with E-state index in [0.717, 1.165) is 0 Å². The molecule has 5 nitrogen and oxygen atoms in total. The molecule has 0 aliphatic carbocycles. The zero-order valence-electron chi connectivity index (χ0n) is 15.6. The lowest BCUT2D eigenvalue weighted by molar-refractivity contribution is -0.132. The van der Waals surface area contributed by atoms with Gasteiger partial charge in [0.25, 0.3) is 0 Å². The second-order valence-electron chi connectivity index (χ2n) is 6.84. The number of nitrogens with zero attached hydrogens (tertiary/aromatic N) is 1. The van der Waals surface area contributed by atoms with Crippen molar-refractivity contribution in [3.8, 4) is 0 Å². The van der Waals surface area contributed by atoms with Gasteiger partial charge in [0.1, 0.15) is 6.54 Å². The summed E-state index contributed by atoms with van der Waals surface area (Å²) >= 11 is 12.3. The van der Waals surface area contributed by atoms with Crippen LogP contribution in [-0.4, -0.2) is 31.9 Å². The summed E-state index contributed by atoms with van der Waals surface area (Å²) in [5, 5.41) is 0.666. The van der Waals surface area contributed by atoms with E-state index in [1.54, 1.807) is 35.9 Å². The highest BCUT2D eigenvalue weighted by Crippen LogP contribution is 2.38. The summed E-state index contributed by atoms with van der Waals surface area (Å²) in [4.78, 5) is 14.1. The van der Waals surface area contributed by atoms with Gasteiger partial charge in [-0.1, -0.05) is 41.4 Å². The van der Waals surface area contributed by atoms with Crippen LogP contribution in [-0.2, 0) is 27.8 Å². The van der Waals surface area contributed by atoms with Gasteiger partial charge in [0, 0.05) is 16.6 Å². The van der Waals surface area contributed by atoms with E-state index in [2.05, 4.69) is 0 Å². The number of rotatable bonds is 5. The van der Waals surface area contributed by atoms with Gasteiger partial charge in [-0.05, 0) is 41.8 Å². The van der Waals surface area contributed by atoms with Gasteiger partial charge in [-0.3, -0.25) is 4.79 Å². The number of fused-ring (bicyclic) bond motifs is 1. The van der Waals surface area contributed by atoms with E-state index in [9.17, 15) is 26.4 Å². The molecule has 0 saturated carbocycles. The summed E-state index contributed by atoms with van der Waals surface area (Å²) in [6.07, 6.45) is -4.78. The minimum absolute atomic E-state index is 0.0551. The lowest BCUT2D eigenvalue weighted by Crippen LogP contribution is -2.34. The second-order valence-corrected chi connectivity index (χ2v) is 9.39. The monoisotopic (exact) mass is 480 g/mol. The summed E-state index contributed by atoms with van der Waals surface area (Å²) in [5.74, 6) is -0.333. The van der Waals surface area contributed by atoms with Gasteiger partial charge in [-0.2, -0.15) is 13.2 Å². The van der Waals surface area contributed by atoms with Crippen molar-refractivity contribution in [2.45, 2.75) is 37.0 Å². The van der Waals surface area contributed by atoms with Crippen LogP contribution in [0, 0.1) is 0 Å². The number of amides is 1. The Morgan fingerprint density at radius 3 is 2.37 bits per heavy atom. The van der Waals surface area contributed by atoms with Crippen LogP contribution in [0.3, 0.4) is 0 Å². The van der Waals surface area contributed by atoms with Crippen LogP contribution in [0.2, 0.25) is 10.0 Å². The highest BCUT2D eigenvalue weighted by molar-refractivity contribution is 7.89. The summed E-state index contributed by atoms with van der Waals surface area (Å²) in [6, 6.07) is 8.71. The van der Waals surface area contributed by atoms with Crippen LogP contribution in [0.5, 0.6) is 0 Å². The van der Waals surface area contributed by atoms with E-state index in [-0.39, 0.29) is 23.8 Å². The topological polar surface area (TPSA) is 66.5 Å². The number of nitrogens with one attached hydrogen (secondary N) is 1. The van der Waals surface area contributed by atoms with Gasteiger partial charge in [0.15, 0.2) is 0 Å². The SMILES string of the molecule is C[C@H]1c2cccc(S(=O)(=O)NCC(F)(F)F)c2CN1C(=O)Cc1c(Cl)cccc1Cl. The number of alkyl halides is 3. The van der Waals surface area contributed by atoms with Gasteiger partial charge in [-0.15, -0.1) is 0 Å². The minimum Gasteiger partial charge on any atom is -0.331 e. The molecule has 0 unspecified atom stereocenters. The van der Waals surface area contributed by atoms with Crippen LogP contribution in [0.4, 0.5) is 13.2 Å². The van der Waals surface area contributed by atoms with Crippen molar-refractivity contribution in [3.05, 3.63) is 63.1 Å². The lowest BCUT2D eigenvalue weighted by Gasteiger charge is -2.22. The molecule has 2 aromatic carbocycles. The van der Waals surface area contributed by atoms with E-state index in [1.165, 1.54) is 17.0 Å². The number of carbonyl (C=O) groups excluding carboxylic acids is 1. The number of hydrogen-bond donors (Lipinski definition) is 1. The van der Waals surface area contributed by atoms with Crippen molar-refractivity contribution in [1.29, 1.82) is 0 Å². The summed E-state index contributed by atoms with van der Waals surface area (Å²) < 4.78 is 63.9. The Bertz CT molecular complexity index is 1070. The molecule has 3 rings (SSSR count). The Labute approximate surface area is 181 Å². The van der Waals surface area contributed by atoms with Crippen molar-refractivity contribution in [2.75, 3.05) is 6.54 Å². The standard InChI is InChI=1S/C19H17Cl2F3N2O3S/c1-11-12-4-2-7-17(30(28,29)25-10-19(22,23)24)14(12)9-26(11)18(27)8-13-15(20)5-3-6-16(13)21/h2-7,11,25H,8-10H2,1H3/t11-/m0/s1. The molecule has 0 radical (unpaired) electrons. The molecule has 1 aliphatic rings. The predicted molar refractivity (Wildman–Crippen MR) is 107 cm³/mol. The van der Waals surface area contributed by atoms with Gasteiger partial charge in [0.05, 0.1) is 17.4 Å². The molecule has 1 atom stereocenters. The van der Waals surface area contributed by atoms with Gasteiger partial charge in [0.2, 0.25) is 15.9 Å². The largest absolute Gasteiger partial charge is 0.402 e. The van der Waals surface area contributed by atoms with Crippen molar-refractivity contribution in [2.24, 2.45) is 0 Å². The van der Waals surface area contributed by atoms with Crippen molar-refractivity contribution in [3.63, 3.8) is 0 Å². The fourth-order valence-corrected chi connectivity index (χ4v) is 5.19. The average Bonchev–Trinajstić information content (AvgIpc) is 2.99. The fraction of sp³-hybridized carbons (Fsp3) is 0.316. The second kappa shape index (κ2) is 8.37. The Morgan fingerprint density at radius 1 is 1.17 bits per heavy atom. The summed E-state index contributed by atoms with van der Waals surface area (Å²) in [7, 11) is -4.41. The van der Waals surface area contributed by atoms with E-state index in [0.29, 0.717) is 26.7 Å². The highest BCUT2D eigenvalue weighted by Gasteiger charge is 2.36. The number of benzene rings is 2. The average molecular weight is 481 g/mol. The van der Waals surface area contributed by atoms with Crippen molar-refractivity contribution in [1.82, 2.24) is 9.62 Å². The first-order valence-corrected chi connectivity index (χ1v) is 11.0. The highest BCUT2D eigenvalue weighted by atomic mass is 35.5. The molecular formula is C19H17Cl2F3N2O3S. The van der Waals surface area contributed by atoms with Crippen LogP contribution < -0.4 is 4.72 Å². The molecule has 0 bridgehead atoms. The van der Waals surface area contributed by atoms with Crippen LogP contribution in [0.25, 0.3) is 0 Å². The Hall–Kier alpha value is -1.81. The Morgan fingerprint density at radius 2 is 1.77 bits per heavy atom. The van der Waals surface area contributed by atoms with E-state index >= 15 is 0 Å². The third-order valence-electron chi connectivity index (χ3n) is 4.88. The first kappa shape index (κ1) is 22.9. The molecule has 1 amide bonds. The van der Waals surface area contributed by atoms with E-state index in [1.807, 2.05) is 0 Å². The van der Waals surface area contributed by atoms with E-state index < -0.39 is 28.8 Å².